The molecule has 29 heavy (non-hydrogen) atoms. The van der Waals surface area contributed by atoms with E-state index < -0.39 is 5.69 Å². The summed E-state index contributed by atoms with van der Waals surface area (Å²) < 4.78 is 4.85. The minimum absolute atomic E-state index is 0.297. The van der Waals surface area contributed by atoms with Crippen molar-refractivity contribution in [1.29, 1.82) is 0 Å². The van der Waals surface area contributed by atoms with Crippen LogP contribution in [0.1, 0.15) is 38.1 Å². The van der Waals surface area contributed by atoms with E-state index in [0.717, 1.165) is 34.2 Å². The summed E-state index contributed by atoms with van der Waals surface area (Å²) in [5.41, 5.74) is 3.24. The van der Waals surface area contributed by atoms with E-state index in [1.807, 2.05) is 24.3 Å². The van der Waals surface area contributed by atoms with Crippen LogP contribution in [0.3, 0.4) is 0 Å². The summed E-state index contributed by atoms with van der Waals surface area (Å²) in [7, 11) is 3.15. The molecule has 0 bridgehead atoms. The van der Waals surface area contributed by atoms with Crippen LogP contribution in [0.25, 0.3) is 33.3 Å². The van der Waals surface area contributed by atoms with Crippen molar-refractivity contribution >= 4 is 22.1 Å². The largest absolute Gasteiger partial charge is 0.335 e. The highest BCUT2D eigenvalue weighted by Crippen LogP contribution is 2.38. The van der Waals surface area contributed by atoms with Gasteiger partial charge in [0.15, 0.2) is 5.65 Å². The molecule has 0 N–H and O–H groups in total. The van der Waals surface area contributed by atoms with Gasteiger partial charge in [-0.2, -0.15) is 0 Å². The van der Waals surface area contributed by atoms with Crippen LogP contribution in [0.15, 0.2) is 46.0 Å². The molecule has 7 nitrogen and oxygen atoms in total. The summed E-state index contributed by atoms with van der Waals surface area (Å²) in [5.74, 6) is 0. The van der Waals surface area contributed by atoms with Crippen molar-refractivity contribution in [3.8, 4) is 11.3 Å². The molecule has 3 heterocycles. The molecular formula is C22H23N5O2. The molecule has 0 unspecified atom stereocenters. The molecule has 1 aliphatic rings. The first-order valence-corrected chi connectivity index (χ1v) is 10.1. The first kappa shape index (κ1) is 17.8. The van der Waals surface area contributed by atoms with Gasteiger partial charge in [0.2, 0.25) is 0 Å². The summed E-state index contributed by atoms with van der Waals surface area (Å²) in [6.07, 6.45) is 5.73. The van der Waals surface area contributed by atoms with Crippen LogP contribution in [0.5, 0.6) is 0 Å². The normalized spacial score (nSPS) is 15.4. The number of hydrogen-bond donors (Lipinski definition) is 0. The first-order valence-electron chi connectivity index (χ1n) is 10.1. The topological polar surface area (TPSA) is 74.7 Å². The second-order valence-electron chi connectivity index (χ2n) is 7.90. The zero-order valence-electron chi connectivity index (χ0n) is 16.6. The van der Waals surface area contributed by atoms with Crippen molar-refractivity contribution in [3.05, 3.63) is 57.2 Å². The SMILES string of the molecule is Cn1c(=O)c2c3c(cc(-c4ccccc4)n3C3CCCCC3)nnc2n(C)c1=O. The Bertz CT molecular complexity index is 1340. The molecular weight excluding hydrogens is 366 g/mol. The summed E-state index contributed by atoms with van der Waals surface area (Å²) in [4.78, 5) is 25.6. The predicted molar refractivity (Wildman–Crippen MR) is 113 cm³/mol. The van der Waals surface area contributed by atoms with Crippen LogP contribution < -0.4 is 11.2 Å². The number of aryl methyl sites for hydroxylation is 1. The maximum atomic E-state index is 13.2. The average molecular weight is 389 g/mol. The maximum absolute atomic E-state index is 13.2. The van der Waals surface area contributed by atoms with E-state index in [0.29, 0.717) is 22.6 Å². The van der Waals surface area contributed by atoms with Gasteiger partial charge >= 0.3 is 5.69 Å². The van der Waals surface area contributed by atoms with E-state index in [2.05, 4.69) is 26.9 Å². The van der Waals surface area contributed by atoms with Crippen LogP contribution in [0.2, 0.25) is 0 Å². The lowest BCUT2D eigenvalue weighted by molar-refractivity contribution is 0.363. The average Bonchev–Trinajstić information content (AvgIpc) is 3.16. The zero-order chi connectivity index (χ0) is 20.1. The van der Waals surface area contributed by atoms with Gasteiger partial charge in [0, 0.05) is 20.1 Å². The molecule has 0 saturated heterocycles. The van der Waals surface area contributed by atoms with Gasteiger partial charge in [-0.3, -0.25) is 13.9 Å². The van der Waals surface area contributed by atoms with Crippen molar-refractivity contribution in [2.75, 3.05) is 0 Å². The highest BCUT2D eigenvalue weighted by molar-refractivity contribution is 6.02. The molecule has 0 spiro atoms. The molecule has 3 aromatic heterocycles. The minimum atomic E-state index is -0.393. The molecule has 148 valence electrons. The molecule has 7 heteroatoms. The number of hydrogen-bond acceptors (Lipinski definition) is 4. The minimum Gasteiger partial charge on any atom is -0.335 e. The predicted octanol–water partition coefficient (Wildman–Crippen LogP) is 3.15. The van der Waals surface area contributed by atoms with E-state index in [9.17, 15) is 9.59 Å². The quantitative estimate of drug-likeness (QED) is 0.528. The van der Waals surface area contributed by atoms with Gasteiger partial charge in [0.05, 0.1) is 11.2 Å². The van der Waals surface area contributed by atoms with Gasteiger partial charge in [-0.25, -0.2) is 4.79 Å². The molecule has 1 aromatic carbocycles. The Labute approximate surface area is 167 Å². The highest BCUT2D eigenvalue weighted by atomic mass is 16.2. The Morgan fingerprint density at radius 1 is 0.931 bits per heavy atom. The Morgan fingerprint density at radius 2 is 1.66 bits per heavy atom. The second-order valence-corrected chi connectivity index (χ2v) is 7.90. The number of rotatable bonds is 2. The van der Waals surface area contributed by atoms with Crippen LogP contribution in [0.4, 0.5) is 0 Å². The van der Waals surface area contributed by atoms with E-state index in [1.165, 1.54) is 30.9 Å². The molecule has 0 amide bonds. The molecule has 0 atom stereocenters. The van der Waals surface area contributed by atoms with Crippen LogP contribution in [-0.2, 0) is 14.1 Å². The second kappa shape index (κ2) is 6.69. The van der Waals surface area contributed by atoms with E-state index in [4.69, 9.17) is 0 Å². The van der Waals surface area contributed by atoms with Gasteiger partial charge in [-0.05, 0) is 24.5 Å². The Balaban J connectivity index is 1.96. The maximum Gasteiger partial charge on any atom is 0.332 e. The lowest BCUT2D eigenvalue weighted by atomic mass is 9.94. The Kier molecular flexibility index (Phi) is 4.12. The first-order chi connectivity index (χ1) is 14.1. The van der Waals surface area contributed by atoms with Gasteiger partial charge in [-0.15, -0.1) is 10.2 Å². The number of benzene rings is 1. The Hall–Kier alpha value is -3.22. The van der Waals surface area contributed by atoms with E-state index in [1.54, 1.807) is 7.05 Å². The molecule has 5 rings (SSSR count). The fourth-order valence-electron chi connectivity index (χ4n) is 4.64. The highest BCUT2D eigenvalue weighted by Gasteiger charge is 2.25. The lowest BCUT2D eigenvalue weighted by Gasteiger charge is -2.26. The fraction of sp³-hybridized carbons (Fsp3) is 0.364. The number of aromatic nitrogens is 5. The Morgan fingerprint density at radius 3 is 2.38 bits per heavy atom. The molecule has 1 fully saturated rings. The van der Waals surface area contributed by atoms with Crippen LogP contribution in [0, 0.1) is 0 Å². The van der Waals surface area contributed by atoms with E-state index in [-0.39, 0.29) is 5.56 Å². The third-order valence-electron chi connectivity index (χ3n) is 6.15. The van der Waals surface area contributed by atoms with Crippen molar-refractivity contribution < 1.29 is 0 Å². The fourth-order valence-corrected chi connectivity index (χ4v) is 4.64. The van der Waals surface area contributed by atoms with Crippen molar-refractivity contribution in [2.45, 2.75) is 38.1 Å². The summed E-state index contributed by atoms with van der Waals surface area (Å²) >= 11 is 0. The van der Waals surface area contributed by atoms with Gasteiger partial charge in [0.25, 0.3) is 5.56 Å². The zero-order valence-corrected chi connectivity index (χ0v) is 16.6. The number of nitrogens with zero attached hydrogens (tertiary/aromatic N) is 5. The van der Waals surface area contributed by atoms with Crippen LogP contribution >= 0.6 is 0 Å². The van der Waals surface area contributed by atoms with E-state index >= 15 is 0 Å². The summed E-state index contributed by atoms with van der Waals surface area (Å²) in [5, 5.41) is 9.12. The molecule has 4 aromatic rings. The molecule has 0 aliphatic heterocycles. The molecule has 0 radical (unpaired) electrons. The third kappa shape index (κ3) is 2.64. The van der Waals surface area contributed by atoms with Gasteiger partial charge in [-0.1, -0.05) is 49.6 Å². The molecule has 1 aliphatic carbocycles. The monoisotopic (exact) mass is 389 g/mol. The van der Waals surface area contributed by atoms with Crippen LogP contribution in [-0.4, -0.2) is 23.9 Å². The third-order valence-corrected chi connectivity index (χ3v) is 6.15. The van der Waals surface area contributed by atoms with Gasteiger partial charge < -0.3 is 4.57 Å². The number of fused-ring (bicyclic) bond motifs is 3. The van der Waals surface area contributed by atoms with Crippen molar-refractivity contribution in [3.63, 3.8) is 0 Å². The van der Waals surface area contributed by atoms with Gasteiger partial charge in [0.1, 0.15) is 10.9 Å². The van der Waals surface area contributed by atoms with Crippen molar-refractivity contribution in [2.24, 2.45) is 14.1 Å². The van der Waals surface area contributed by atoms with Crippen molar-refractivity contribution in [1.82, 2.24) is 23.9 Å². The summed E-state index contributed by atoms with van der Waals surface area (Å²) in [6, 6.07) is 12.5. The standard InChI is InChI=1S/C22H23N5O2/c1-25-20-18(21(28)26(2)22(25)29)19-16(23-24-20)13-17(14-9-5-3-6-10-14)27(19)15-11-7-4-8-12-15/h3,5-6,9-10,13,15H,4,7-8,11-12H2,1-2H3. The smallest absolute Gasteiger partial charge is 0.332 e. The summed E-state index contributed by atoms with van der Waals surface area (Å²) in [6.45, 7) is 0. The lowest BCUT2D eigenvalue weighted by Crippen LogP contribution is -2.37. The molecule has 1 saturated carbocycles.